The van der Waals surface area contributed by atoms with E-state index in [9.17, 15) is 5.11 Å². The summed E-state index contributed by atoms with van der Waals surface area (Å²) in [7, 11) is 0. The van der Waals surface area contributed by atoms with Crippen LogP contribution in [-0.2, 0) is 12.1 Å². The SMILES string of the molecule is O[C@](/C=C\c1ccccc1)(Cn1ccnc1)c1cccnc1. The highest BCUT2D eigenvalue weighted by atomic mass is 16.3. The van der Waals surface area contributed by atoms with E-state index in [1.165, 1.54) is 0 Å². The Bertz CT molecular complexity index is 724. The molecular weight excluding hydrogens is 274 g/mol. The van der Waals surface area contributed by atoms with Gasteiger partial charge in [-0.15, -0.1) is 0 Å². The number of pyridine rings is 1. The van der Waals surface area contributed by atoms with Crippen molar-refractivity contribution < 1.29 is 5.11 Å². The second-order valence-electron chi connectivity index (χ2n) is 5.14. The van der Waals surface area contributed by atoms with Crippen LogP contribution in [0.1, 0.15) is 11.1 Å². The third-order valence-corrected chi connectivity index (χ3v) is 3.50. The van der Waals surface area contributed by atoms with E-state index in [0.29, 0.717) is 6.54 Å². The van der Waals surface area contributed by atoms with Gasteiger partial charge in [-0.3, -0.25) is 4.98 Å². The van der Waals surface area contributed by atoms with E-state index < -0.39 is 5.60 Å². The minimum Gasteiger partial charge on any atom is -0.379 e. The Morgan fingerprint density at radius 2 is 1.91 bits per heavy atom. The highest BCUT2D eigenvalue weighted by molar-refractivity contribution is 5.51. The van der Waals surface area contributed by atoms with Crippen molar-refractivity contribution in [3.05, 3.63) is 90.8 Å². The van der Waals surface area contributed by atoms with Crippen molar-refractivity contribution in [1.82, 2.24) is 14.5 Å². The van der Waals surface area contributed by atoms with Gasteiger partial charge in [-0.2, -0.15) is 0 Å². The lowest BCUT2D eigenvalue weighted by atomic mass is 9.93. The fraction of sp³-hybridized carbons (Fsp3) is 0.111. The van der Waals surface area contributed by atoms with Gasteiger partial charge in [0.1, 0.15) is 5.60 Å². The molecule has 2 heterocycles. The summed E-state index contributed by atoms with van der Waals surface area (Å²) >= 11 is 0. The molecular formula is C18H17N3O. The standard InChI is InChI=1S/C18H17N3O/c22-18(14-21-12-11-20-15-21,17-7-4-10-19-13-17)9-8-16-5-2-1-3-6-16/h1-13,15,22H,14H2/b9-8-/t18-/m1/s1. The zero-order valence-electron chi connectivity index (χ0n) is 12.1. The van der Waals surface area contributed by atoms with Crippen LogP contribution in [0.25, 0.3) is 6.08 Å². The highest BCUT2D eigenvalue weighted by Crippen LogP contribution is 2.25. The summed E-state index contributed by atoms with van der Waals surface area (Å²) in [5, 5.41) is 11.1. The summed E-state index contributed by atoms with van der Waals surface area (Å²) in [5.41, 5.74) is 0.636. The van der Waals surface area contributed by atoms with Crippen LogP contribution in [0.3, 0.4) is 0 Å². The third kappa shape index (κ3) is 3.30. The predicted octanol–water partition coefficient (Wildman–Crippen LogP) is 2.88. The van der Waals surface area contributed by atoms with Crippen molar-refractivity contribution in [2.75, 3.05) is 0 Å². The average Bonchev–Trinajstić information content (AvgIpc) is 3.08. The molecule has 0 saturated heterocycles. The van der Waals surface area contributed by atoms with Crippen LogP contribution >= 0.6 is 0 Å². The Labute approximate surface area is 129 Å². The molecule has 3 aromatic rings. The van der Waals surface area contributed by atoms with Crippen molar-refractivity contribution >= 4 is 6.08 Å². The van der Waals surface area contributed by atoms with Crippen molar-refractivity contribution in [3.8, 4) is 0 Å². The van der Waals surface area contributed by atoms with Crippen LogP contribution in [0.5, 0.6) is 0 Å². The number of aromatic nitrogens is 3. The second kappa shape index (κ2) is 6.37. The Morgan fingerprint density at radius 3 is 2.59 bits per heavy atom. The van der Waals surface area contributed by atoms with Crippen LogP contribution < -0.4 is 0 Å². The van der Waals surface area contributed by atoms with E-state index in [4.69, 9.17) is 0 Å². The Morgan fingerprint density at radius 1 is 1.05 bits per heavy atom. The molecule has 3 rings (SSSR count). The summed E-state index contributed by atoms with van der Waals surface area (Å²) in [4.78, 5) is 8.15. The number of imidazole rings is 1. The first-order valence-corrected chi connectivity index (χ1v) is 7.09. The molecule has 0 bridgehead atoms. The van der Waals surface area contributed by atoms with Gasteiger partial charge >= 0.3 is 0 Å². The van der Waals surface area contributed by atoms with Gasteiger partial charge in [0.2, 0.25) is 0 Å². The van der Waals surface area contributed by atoms with E-state index >= 15 is 0 Å². The summed E-state index contributed by atoms with van der Waals surface area (Å²) in [5.74, 6) is 0. The van der Waals surface area contributed by atoms with Gasteiger partial charge in [-0.25, -0.2) is 4.98 Å². The van der Waals surface area contributed by atoms with E-state index in [1.54, 1.807) is 31.0 Å². The number of benzene rings is 1. The molecule has 22 heavy (non-hydrogen) atoms. The summed E-state index contributed by atoms with van der Waals surface area (Å²) in [6.45, 7) is 0.377. The smallest absolute Gasteiger partial charge is 0.127 e. The molecule has 0 amide bonds. The number of hydrogen-bond donors (Lipinski definition) is 1. The maximum atomic E-state index is 11.1. The van der Waals surface area contributed by atoms with Crippen molar-refractivity contribution in [3.63, 3.8) is 0 Å². The molecule has 0 spiro atoms. The Balaban J connectivity index is 1.94. The molecule has 4 heteroatoms. The van der Waals surface area contributed by atoms with E-state index in [0.717, 1.165) is 11.1 Å². The molecule has 1 N–H and O–H groups in total. The third-order valence-electron chi connectivity index (χ3n) is 3.50. The summed E-state index contributed by atoms with van der Waals surface area (Å²) < 4.78 is 1.85. The van der Waals surface area contributed by atoms with Crippen molar-refractivity contribution in [1.29, 1.82) is 0 Å². The van der Waals surface area contributed by atoms with Crippen molar-refractivity contribution in [2.45, 2.75) is 12.1 Å². The highest BCUT2D eigenvalue weighted by Gasteiger charge is 2.26. The molecule has 110 valence electrons. The van der Waals surface area contributed by atoms with E-state index in [-0.39, 0.29) is 0 Å². The molecule has 0 aliphatic heterocycles. The van der Waals surface area contributed by atoms with Gasteiger partial charge in [0.05, 0.1) is 12.9 Å². The van der Waals surface area contributed by atoms with Crippen LogP contribution in [0.4, 0.5) is 0 Å². The Hall–Kier alpha value is -2.72. The van der Waals surface area contributed by atoms with Gasteiger partial charge in [0.15, 0.2) is 0 Å². The fourth-order valence-corrected chi connectivity index (χ4v) is 2.32. The summed E-state index contributed by atoms with van der Waals surface area (Å²) in [6.07, 6.45) is 12.3. The molecule has 1 atom stereocenters. The lowest BCUT2D eigenvalue weighted by Crippen LogP contribution is -2.28. The van der Waals surface area contributed by atoms with E-state index in [2.05, 4.69) is 9.97 Å². The van der Waals surface area contributed by atoms with Gasteiger partial charge in [0, 0.05) is 30.4 Å². The van der Waals surface area contributed by atoms with Gasteiger partial charge in [-0.1, -0.05) is 42.5 Å². The van der Waals surface area contributed by atoms with Crippen LogP contribution in [0.2, 0.25) is 0 Å². The maximum absolute atomic E-state index is 11.1. The minimum absolute atomic E-state index is 0.377. The molecule has 0 aliphatic carbocycles. The van der Waals surface area contributed by atoms with Gasteiger partial charge in [-0.05, 0) is 17.7 Å². The number of nitrogens with zero attached hydrogens (tertiary/aromatic N) is 3. The first-order chi connectivity index (χ1) is 10.8. The van der Waals surface area contributed by atoms with Gasteiger partial charge < -0.3 is 9.67 Å². The van der Waals surface area contributed by atoms with Crippen LogP contribution in [0.15, 0.2) is 79.7 Å². The average molecular weight is 291 g/mol. The number of rotatable bonds is 5. The minimum atomic E-state index is -1.15. The first kappa shape index (κ1) is 14.2. The van der Waals surface area contributed by atoms with Gasteiger partial charge in [0.25, 0.3) is 0 Å². The summed E-state index contributed by atoms with van der Waals surface area (Å²) in [6, 6.07) is 13.6. The molecule has 0 unspecified atom stereocenters. The maximum Gasteiger partial charge on any atom is 0.127 e. The normalized spacial score (nSPS) is 14.0. The quantitative estimate of drug-likeness (QED) is 0.786. The lowest BCUT2D eigenvalue weighted by Gasteiger charge is -2.25. The molecule has 0 radical (unpaired) electrons. The van der Waals surface area contributed by atoms with Crippen LogP contribution in [0, 0.1) is 0 Å². The molecule has 0 aliphatic rings. The second-order valence-corrected chi connectivity index (χ2v) is 5.14. The number of aliphatic hydroxyl groups is 1. The monoisotopic (exact) mass is 291 g/mol. The molecule has 0 saturated carbocycles. The molecule has 0 fully saturated rings. The molecule has 1 aromatic carbocycles. The Kier molecular flexibility index (Phi) is 4.12. The largest absolute Gasteiger partial charge is 0.379 e. The lowest BCUT2D eigenvalue weighted by molar-refractivity contribution is 0.0701. The first-order valence-electron chi connectivity index (χ1n) is 7.09. The van der Waals surface area contributed by atoms with Crippen molar-refractivity contribution in [2.24, 2.45) is 0 Å². The molecule has 2 aromatic heterocycles. The number of hydrogen-bond acceptors (Lipinski definition) is 3. The zero-order valence-corrected chi connectivity index (χ0v) is 12.1. The molecule has 4 nitrogen and oxygen atoms in total. The van der Waals surface area contributed by atoms with E-state index in [1.807, 2.05) is 59.3 Å². The fourth-order valence-electron chi connectivity index (χ4n) is 2.32. The zero-order chi connectivity index (χ0) is 15.3. The predicted molar refractivity (Wildman–Crippen MR) is 85.8 cm³/mol. The topological polar surface area (TPSA) is 50.9 Å². The van der Waals surface area contributed by atoms with Crippen LogP contribution in [-0.4, -0.2) is 19.6 Å².